The van der Waals surface area contributed by atoms with Crippen molar-refractivity contribution in [1.82, 2.24) is 0 Å². The van der Waals surface area contributed by atoms with Crippen molar-refractivity contribution in [1.29, 1.82) is 0 Å². The summed E-state index contributed by atoms with van der Waals surface area (Å²) in [7, 11) is 0. The van der Waals surface area contributed by atoms with Gasteiger partial charge in [-0.15, -0.1) is 13.2 Å². The van der Waals surface area contributed by atoms with E-state index in [-0.39, 0.29) is 18.7 Å². The van der Waals surface area contributed by atoms with Crippen molar-refractivity contribution < 1.29 is 36.2 Å². The molecule has 1 aliphatic rings. The van der Waals surface area contributed by atoms with Crippen LogP contribution in [0.1, 0.15) is 36.3 Å². The van der Waals surface area contributed by atoms with Crippen molar-refractivity contribution in [3.05, 3.63) is 76.9 Å². The van der Waals surface area contributed by atoms with E-state index in [0.29, 0.717) is 41.0 Å². The van der Waals surface area contributed by atoms with Gasteiger partial charge in [-0.05, 0) is 54.0 Å². The first-order chi connectivity index (χ1) is 15.7. The third-order valence-corrected chi connectivity index (χ3v) is 5.78. The smallest absolute Gasteiger partial charge is 0.403 e. The Balaban J connectivity index is 1.46. The Morgan fingerprint density at radius 3 is 2.36 bits per heavy atom. The van der Waals surface area contributed by atoms with Gasteiger partial charge in [-0.25, -0.2) is 8.78 Å². The van der Waals surface area contributed by atoms with Gasteiger partial charge < -0.3 is 14.2 Å². The van der Waals surface area contributed by atoms with E-state index in [4.69, 9.17) is 9.47 Å². The zero-order valence-electron chi connectivity index (χ0n) is 17.9. The molecule has 176 valence electrons. The summed E-state index contributed by atoms with van der Waals surface area (Å²) in [6.45, 7) is 3.33. The van der Waals surface area contributed by atoms with E-state index in [0.717, 1.165) is 24.1 Å². The van der Waals surface area contributed by atoms with Crippen molar-refractivity contribution in [3.63, 3.8) is 0 Å². The van der Waals surface area contributed by atoms with Gasteiger partial charge in [0.1, 0.15) is 5.82 Å². The first kappa shape index (κ1) is 23.4. The van der Waals surface area contributed by atoms with E-state index < -0.39 is 24.2 Å². The average Bonchev–Trinajstić information content (AvgIpc) is 2.79. The van der Waals surface area contributed by atoms with Gasteiger partial charge in [0.05, 0.1) is 13.2 Å². The molecule has 1 aliphatic heterocycles. The lowest BCUT2D eigenvalue weighted by Gasteiger charge is -2.29. The van der Waals surface area contributed by atoms with Crippen LogP contribution in [0.25, 0.3) is 10.8 Å². The monoisotopic (exact) mass is 466 g/mol. The minimum Gasteiger partial charge on any atom is -0.403 e. The topological polar surface area (TPSA) is 27.7 Å². The number of hydrogen-bond donors (Lipinski definition) is 0. The highest BCUT2D eigenvalue weighted by atomic mass is 19.4. The molecule has 0 aromatic heterocycles. The van der Waals surface area contributed by atoms with Crippen LogP contribution in [0.3, 0.4) is 0 Å². The number of alkyl halides is 3. The highest BCUT2D eigenvalue weighted by Gasteiger charge is 2.32. The van der Waals surface area contributed by atoms with Gasteiger partial charge in [-0.3, -0.25) is 0 Å². The molecule has 0 spiro atoms. The Morgan fingerprint density at radius 2 is 1.70 bits per heavy atom. The lowest BCUT2D eigenvalue weighted by atomic mass is 9.98. The number of aryl methyl sites for hydroxylation is 2. The molecule has 0 radical (unpaired) electrons. The summed E-state index contributed by atoms with van der Waals surface area (Å²) in [4.78, 5) is 0. The second-order valence-electron chi connectivity index (χ2n) is 8.10. The highest BCUT2D eigenvalue weighted by Crippen LogP contribution is 2.31. The first-order valence-corrected chi connectivity index (χ1v) is 10.7. The van der Waals surface area contributed by atoms with Crippen molar-refractivity contribution in [2.24, 2.45) is 5.92 Å². The van der Waals surface area contributed by atoms with Crippen LogP contribution in [0.15, 0.2) is 48.5 Å². The molecule has 1 fully saturated rings. The van der Waals surface area contributed by atoms with Crippen LogP contribution in [-0.2, 0) is 22.3 Å². The number of rotatable bonds is 6. The molecule has 33 heavy (non-hydrogen) atoms. The normalized spacial score (nSPS) is 19.1. The average molecular weight is 466 g/mol. The van der Waals surface area contributed by atoms with Crippen molar-refractivity contribution in [2.75, 3.05) is 13.2 Å². The van der Waals surface area contributed by atoms with Gasteiger partial charge in [0, 0.05) is 16.9 Å². The van der Waals surface area contributed by atoms with Crippen LogP contribution < -0.4 is 4.74 Å². The molecular weight excluding hydrogens is 443 g/mol. The van der Waals surface area contributed by atoms with E-state index >= 15 is 4.39 Å². The molecular formula is C25H23F5O3. The van der Waals surface area contributed by atoms with Crippen molar-refractivity contribution in [3.8, 4) is 5.75 Å². The molecule has 3 nitrogen and oxygen atoms in total. The quantitative estimate of drug-likeness (QED) is 0.371. The predicted octanol–water partition coefficient (Wildman–Crippen LogP) is 6.87. The maximum Gasteiger partial charge on any atom is 0.573 e. The lowest BCUT2D eigenvalue weighted by molar-refractivity contribution is -0.275. The van der Waals surface area contributed by atoms with E-state index in [9.17, 15) is 17.6 Å². The van der Waals surface area contributed by atoms with Gasteiger partial charge in [0.15, 0.2) is 17.9 Å². The van der Waals surface area contributed by atoms with Crippen molar-refractivity contribution >= 4 is 10.8 Å². The zero-order chi connectivity index (χ0) is 23.6. The fourth-order valence-electron chi connectivity index (χ4n) is 3.85. The van der Waals surface area contributed by atoms with Gasteiger partial charge in [-0.1, -0.05) is 37.3 Å². The largest absolute Gasteiger partial charge is 0.573 e. The van der Waals surface area contributed by atoms with Crippen LogP contribution >= 0.6 is 0 Å². The Kier molecular flexibility index (Phi) is 6.86. The number of ether oxygens (including phenoxy) is 3. The summed E-state index contributed by atoms with van der Waals surface area (Å²) in [5, 5.41) is 1.15. The van der Waals surface area contributed by atoms with Gasteiger partial charge in [0.2, 0.25) is 0 Å². The minimum atomic E-state index is -4.97. The molecule has 0 unspecified atom stereocenters. The minimum absolute atomic E-state index is 0.256. The predicted molar refractivity (Wildman–Crippen MR) is 113 cm³/mol. The molecule has 1 saturated heterocycles. The second-order valence-corrected chi connectivity index (χ2v) is 8.10. The van der Waals surface area contributed by atoms with Gasteiger partial charge >= 0.3 is 6.36 Å². The van der Waals surface area contributed by atoms with Crippen LogP contribution in [0, 0.1) is 17.6 Å². The Morgan fingerprint density at radius 1 is 0.939 bits per heavy atom. The molecule has 0 bridgehead atoms. The third kappa shape index (κ3) is 5.62. The van der Waals surface area contributed by atoms with Crippen LogP contribution in [0.5, 0.6) is 5.75 Å². The van der Waals surface area contributed by atoms with E-state index in [2.05, 4.69) is 11.7 Å². The second kappa shape index (κ2) is 9.65. The summed E-state index contributed by atoms with van der Waals surface area (Å²) in [5.41, 5.74) is 1.69. The number of halogens is 5. The highest BCUT2D eigenvalue weighted by molar-refractivity contribution is 5.84. The first-order valence-electron chi connectivity index (χ1n) is 10.7. The van der Waals surface area contributed by atoms with Crippen molar-refractivity contribution in [2.45, 2.75) is 38.8 Å². The fraction of sp³-hybridized carbons (Fsp3) is 0.360. The standard InChI is InChI=1S/C25H23F5O3/c1-2-15-13-31-24(32-14-15)19-8-9-20-18(12-19)7-6-17(23(20)27)5-3-16-4-10-22(21(26)11-16)33-25(28,29)30/h4,6-12,15,24H,2-3,5,13-14H2,1H3. The summed E-state index contributed by atoms with van der Waals surface area (Å²) in [6.07, 6.45) is -3.94. The Bertz CT molecular complexity index is 1120. The third-order valence-electron chi connectivity index (χ3n) is 5.78. The molecule has 0 saturated carbocycles. The van der Waals surface area contributed by atoms with Gasteiger partial charge in [0.25, 0.3) is 0 Å². The van der Waals surface area contributed by atoms with E-state index in [1.807, 2.05) is 6.07 Å². The van der Waals surface area contributed by atoms with E-state index in [1.54, 1.807) is 24.3 Å². The SMILES string of the molecule is CCC1COC(c2ccc3c(F)c(CCc4ccc(OC(F)(F)F)c(F)c4)ccc3c2)OC1. The number of benzene rings is 3. The summed E-state index contributed by atoms with van der Waals surface area (Å²) in [5.74, 6) is -2.01. The molecule has 4 rings (SSSR count). The lowest BCUT2D eigenvalue weighted by Crippen LogP contribution is -2.26. The number of hydrogen-bond acceptors (Lipinski definition) is 3. The molecule has 0 N–H and O–H groups in total. The zero-order valence-corrected chi connectivity index (χ0v) is 17.9. The summed E-state index contributed by atoms with van der Waals surface area (Å²) >= 11 is 0. The fourth-order valence-corrected chi connectivity index (χ4v) is 3.85. The molecule has 1 heterocycles. The van der Waals surface area contributed by atoms with Crippen LogP contribution in [-0.4, -0.2) is 19.6 Å². The summed E-state index contributed by atoms with van der Waals surface area (Å²) in [6, 6.07) is 12.0. The number of fused-ring (bicyclic) bond motifs is 1. The molecule has 0 atom stereocenters. The molecule has 0 aliphatic carbocycles. The molecule has 3 aromatic rings. The Labute approximate surface area is 188 Å². The maximum atomic E-state index is 15.1. The van der Waals surface area contributed by atoms with Crippen LogP contribution in [0.4, 0.5) is 22.0 Å². The Hall–Kier alpha value is -2.71. The van der Waals surface area contributed by atoms with Crippen LogP contribution in [0.2, 0.25) is 0 Å². The summed E-state index contributed by atoms with van der Waals surface area (Å²) < 4.78 is 81.0. The molecule has 8 heteroatoms. The maximum absolute atomic E-state index is 15.1. The van der Waals surface area contributed by atoms with E-state index in [1.165, 1.54) is 6.07 Å². The molecule has 3 aromatic carbocycles. The molecule has 0 amide bonds. The van der Waals surface area contributed by atoms with Gasteiger partial charge in [-0.2, -0.15) is 0 Å².